The van der Waals surface area contributed by atoms with Crippen LogP contribution < -0.4 is 10.6 Å². The molecule has 0 aliphatic rings. The second kappa shape index (κ2) is 7.91. The van der Waals surface area contributed by atoms with Gasteiger partial charge in [-0.25, -0.2) is 0 Å². The first-order chi connectivity index (χ1) is 9.04. The fraction of sp³-hybridized carbons (Fsp3) is 0.538. The lowest BCUT2D eigenvalue weighted by molar-refractivity contribution is -0.121. The molecule has 1 aromatic heterocycles. The first-order valence-electron chi connectivity index (χ1n) is 6.26. The lowest BCUT2D eigenvalue weighted by atomic mass is 10.1. The molecule has 2 amide bonds. The summed E-state index contributed by atoms with van der Waals surface area (Å²) in [4.78, 5) is 23.8. The Morgan fingerprint density at radius 1 is 1.42 bits per heavy atom. The number of hydrogen-bond donors (Lipinski definition) is 3. The highest BCUT2D eigenvalue weighted by Gasteiger charge is 2.14. The second-order valence-corrected chi connectivity index (χ2v) is 5.45. The van der Waals surface area contributed by atoms with Crippen molar-refractivity contribution in [3.8, 4) is 0 Å². The Morgan fingerprint density at radius 3 is 2.74 bits per heavy atom. The van der Waals surface area contributed by atoms with Gasteiger partial charge in [-0.05, 0) is 24.3 Å². The van der Waals surface area contributed by atoms with Crippen molar-refractivity contribution in [3.63, 3.8) is 0 Å². The first kappa shape index (κ1) is 15.7. The Hall–Kier alpha value is -1.40. The molecule has 0 saturated carbocycles. The highest BCUT2D eigenvalue weighted by Crippen LogP contribution is 2.07. The van der Waals surface area contributed by atoms with Crippen LogP contribution in [0, 0.1) is 5.92 Å². The van der Waals surface area contributed by atoms with E-state index >= 15 is 0 Å². The summed E-state index contributed by atoms with van der Waals surface area (Å²) in [5, 5.41) is 16.3. The van der Waals surface area contributed by atoms with E-state index in [2.05, 4.69) is 10.6 Å². The second-order valence-electron chi connectivity index (χ2n) is 4.50. The van der Waals surface area contributed by atoms with Crippen LogP contribution in [0.1, 0.15) is 29.9 Å². The zero-order valence-corrected chi connectivity index (χ0v) is 12.0. The SMILES string of the molecule is CC(CO)C(C)NC(=O)CCNC(=O)c1cccs1. The number of carbonyl (C=O) groups is 2. The zero-order chi connectivity index (χ0) is 14.3. The lowest BCUT2D eigenvalue weighted by Gasteiger charge is -2.19. The average Bonchev–Trinajstić information content (AvgIpc) is 2.91. The van der Waals surface area contributed by atoms with Crippen LogP contribution in [0.15, 0.2) is 17.5 Å². The number of rotatable bonds is 7. The normalized spacial score (nSPS) is 13.6. The minimum absolute atomic E-state index is 0.0182. The van der Waals surface area contributed by atoms with Gasteiger partial charge in [0.15, 0.2) is 0 Å². The Labute approximate surface area is 117 Å². The van der Waals surface area contributed by atoms with Crippen LogP contribution in [-0.4, -0.2) is 36.1 Å². The van der Waals surface area contributed by atoms with Crippen LogP contribution in [0.2, 0.25) is 0 Å². The summed E-state index contributed by atoms with van der Waals surface area (Å²) >= 11 is 1.37. The first-order valence-corrected chi connectivity index (χ1v) is 7.14. The van der Waals surface area contributed by atoms with E-state index in [1.165, 1.54) is 11.3 Å². The molecular weight excluding hydrogens is 264 g/mol. The van der Waals surface area contributed by atoms with Crippen LogP contribution in [0.25, 0.3) is 0 Å². The Bertz CT molecular complexity index is 406. The molecule has 3 N–H and O–H groups in total. The number of thiophene rings is 1. The van der Waals surface area contributed by atoms with Crippen LogP contribution in [-0.2, 0) is 4.79 Å². The third-order valence-electron chi connectivity index (χ3n) is 2.91. The predicted molar refractivity (Wildman–Crippen MR) is 75.1 cm³/mol. The topological polar surface area (TPSA) is 78.4 Å². The molecule has 0 spiro atoms. The number of nitrogens with one attached hydrogen (secondary N) is 2. The van der Waals surface area contributed by atoms with Crippen molar-refractivity contribution in [2.45, 2.75) is 26.3 Å². The highest BCUT2D eigenvalue weighted by atomic mass is 32.1. The molecule has 0 aliphatic heterocycles. The summed E-state index contributed by atoms with van der Waals surface area (Å²) in [7, 11) is 0. The average molecular weight is 284 g/mol. The Kier molecular flexibility index (Phi) is 6.52. The van der Waals surface area contributed by atoms with E-state index in [-0.39, 0.29) is 36.8 Å². The molecule has 1 rings (SSSR count). The van der Waals surface area contributed by atoms with Gasteiger partial charge in [-0.15, -0.1) is 11.3 Å². The zero-order valence-electron chi connectivity index (χ0n) is 11.2. The Balaban J connectivity index is 2.22. The van der Waals surface area contributed by atoms with Crippen molar-refractivity contribution in [3.05, 3.63) is 22.4 Å². The van der Waals surface area contributed by atoms with Gasteiger partial charge >= 0.3 is 0 Å². The largest absolute Gasteiger partial charge is 0.396 e. The van der Waals surface area contributed by atoms with Gasteiger partial charge in [-0.3, -0.25) is 9.59 Å². The summed E-state index contributed by atoms with van der Waals surface area (Å²) in [5.41, 5.74) is 0. The minimum Gasteiger partial charge on any atom is -0.396 e. The summed E-state index contributed by atoms with van der Waals surface area (Å²) in [5.74, 6) is -0.261. The summed E-state index contributed by atoms with van der Waals surface area (Å²) in [6.45, 7) is 4.06. The molecule has 2 unspecified atom stereocenters. The number of hydrogen-bond acceptors (Lipinski definition) is 4. The fourth-order valence-corrected chi connectivity index (χ4v) is 2.05. The molecule has 0 bridgehead atoms. The molecule has 6 heteroatoms. The van der Waals surface area contributed by atoms with Crippen molar-refractivity contribution < 1.29 is 14.7 Å². The van der Waals surface area contributed by atoms with Gasteiger partial charge in [0.2, 0.25) is 5.91 Å². The molecule has 0 saturated heterocycles. The monoisotopic (exact) mass is 284 g/mol. The number of carbonyl (C=O) groups excluding carboxylic acids is 2. The van der Waals surface area contributed by atoms with Crippen molar-refractivity contribution in [2.24, 2.45) is 5.92 Å². The predicted octanol–water partition coefficient (Wildman–Crippen LogP) is 1.00. The van der Waals surface area contributed by atoms with Crippen molar-refractivity contribution in [2.75, 3.05) is 13.2 Å². The van der Waals surface area contributed by atoms with Gasteiger partial charge in [-0.2, -0.15) is 0 Å². The maximum Gasteiger partial charge on any atom is 0.261 e. The fourth-order valence-electron chi connectivity index (χ4n) is 1.41. The van der Waals surface area contributed by atoms with E-state index in [1.54, 1.807) is 6.07 Å². The van der Waals surface area contributed by atoms with Gasteiger partial charge in [0.1, 0.15) is 0 Å². The van der Waals surface area contributed by atoms with Crippen molar-refractivity contribution in [1.29, 1.82) is 0 Å². The van der Waals surface area contributed by atoms with Gasteiger partial charge in [-0.1, -0.05) is 13.0 Å². The van der Waals surface area contributed by atoms with Crippen LogP contribution in [0.3, 0.4) is 0 Å². The molecule has 5 nitrogen and oxygen atoms in total. The van der Waals surface area contributed by atoms with Crippen LogP contribution in [0.5, 0.6) is 0 Å². The minimum atomic E-state index is -0.153. The van der Waals surface area contributed by atoms with Crippen LogP contribution >= 0.6 is 11.3 Å². The maximum atomic E-state index is 11.6. The van der Waals surface area contributed by atoms with Crippen molar-refractivity contribution >= 4 is 23.2 Å². The number of amides is 2. The molecular formula is C13H20N2O3S. The quantitative estimate of drug-likeness (QED) is 0.699. The molecule has 1 aromatic rings. The molecule has 1 heterocycles. The molecule has 19 heavy (non-hydrogen) atoms. The van der Waals surface area contributed by atoms with Gasteiger partial charge in [0.25, 0.3) is 5.91 Å². The summed E-state index contributed by atoms with van der Waals surface area (Å²) in [6.07, 6.45) is 0.236. The molecule has 0 aliphatic carbocycles. The van der Waals surface area contributed by atoms with E-state index in [0.29, 0.717) is 11.4 Å². The molecule has 106 valence electrons. The summed E-state index contributed by atoms with van der Waals surface area (Å²) in [6, 6.07) is 3.47. The molecule has 0 aromatic carbocycles. The van der Waals surface area contributed by atoms with Gasteiger partial charge in [0, 0.05) is 25.6 Å². The molecule has 0 fully saturated rings. The van der Waals surface area contributed by atoms with E-state index in [0.717, 1.165) is 0 Å². The van der Waals surface area contributed by atoms with E-state index in [1.807, 2.05) is 25.3 Å². The van der Waals surface area contributed by atoms with E-state index in [9.17, 15) is 9.59 Å². The van der Waals surface area contributed by atoms with E-state index in [4.69, 9.17) is 5.11 Å². The third-order valence-corrected chi connectivity index (χ3v) is 3.78. The van der Waals surface area contributed by atoms with Crippen molar-refractivity contribution in [1.82, 2.24) is 10.6 Å². The highest BCUT2D eigenvalue weighted by molar-refractivity contribution is 7.12. The number of aliphatic hydroxyl groups excluding tert-OH is 1. The number of aliphatic hydroxyl groups is 1. The van der Waals surface area contributed by atoms with E-state index < -0.39 is 0 Å². The smallest absolute Gasteiger partial charge is 0.261 e. The van der Waals surface area contributed by atoms with Gasteiger partial charge in [0.05, 0.1) is 4.88 Å². The lowest BCUT2D eigenvalue weighted by Crippen LogP contribution is -2.39. The standard InChI is InChI=1S/C13H20N2O3S/c1-9(8-16)10(2)15-12(17)5-6-14-13(18)11-4-3-7-19-11/h3-4,7,9-10,16H,5-6,8H2,1-2H3,(H,14,18)(H,15,17). The Morgan fingerprint density at radius 2 is 2.16 bits per heavy atom. The maximum absolute atomic E-state index is 11.6. The van der Waals surface area contributed by atoms with Crippen LogP contribution in [0.4, 0.5) is 0 Å². The van der Waals surface area contributed by atoms with Gasteiger partial charge < -0.3 is 15.7 Å². The third kappa shape index (κ3) is 5.40. The molecule has 0 radical (unpaired) electrons. The molecule has 2 atom stereocenters. The summed E-state index contributed by atoms with van der Waals surface area (Å²) < 4.78 is 0.